The van der Waals surface area contributed by atoms with Crippen LogP contribution >= 0.6 is 0 Å². The Hall–Kier alpha value is -1.93. The molecular formula is C18H25F2N3O3. The first kappa shape index (κ1) is 18.8. The molecule has 8 heteroatoms. The second kappa shape index (κ2) is 9.14. The minimum Gasteiger partial charge on any atom is -0.435 e. The number of ether oxygens (including phenoxy) is 2. The van der Waals surface area contributed by atoms with Crippen molar-refractivity contribution >= 4 is 11.7 Å². The van der Waals surface area contributed by atoms with Crippen molar-refractivity contribution in [1.82, 2.24) is 9.80 Å². The number of benzene rings is 1. The number of urea groups is 1. The van der Waals surface area contributed by atoms with Gasteiger partial charge in [0.2, 0.25) is 0 Å². The van der Waals surface area contributed by atoms with Crippen LogP contribution in [0.5, 0.6) is 5.75 Å². The summed E-state index contributed by atoms with van der Waals surface area (Å²) < 4.78 is 34.6. The van der Waals surface area contributed by atoms with Crippen LogP contribution in [-0.2, 0) is 4.74 Å². The topological polar surface area (TPSA) is 54.0 Å². The van der Waals surface area contributed by atoms with Gasteiger partial charge < -0.3 is 24.6 Å². The van der Waals surface area contributed by atoms with E-state index in [0.717, 1.165) is 26.1 Å². The fraction of sp³-hybridized carbons (Fsp3) is 0.611. The molecule has 0 radical (unpaired) electrons. The number of likely N-dealkylation sites (tertiary alicyclic amines) is 1. The smallest absolute Gasteiger partial charge is 0.387 e. The number of nitrogens with zero attached hydrogens (tertiary/aromatic N) is 2. The van der Waals surface area contributed by atoms with Gasteiger partial charge in [0, 0.05) is 31.9 Å². The number of carbonyl (C=O) groups is 1. The molecule has 0 aliphatic carbocycles. The Morgan fingerprint density at radius 1 is 1.19 bits per heavy atom. The Kier molecular flexibility index (Phi) is 6.62. The summed E-state index contributed by atoms with van der Waals surface area (Å²) in [4.78, 5) is 16.7. The number of rotatable bonds is 5. The molecule has 2 aliphatic heterocycles. The van der Waals surface area contributed by atoms with Crippen LogP contribution in [0, 0.1) is 0 Å². The Morgan fingerprint density at radius 2 is 1.92 bits per heavy atom. The summed E-state index contributed by atoms with van der Waals surface area (Å²) in [6, 6.07) is 5.70. The second-order valence-electron chi connectivity index (χ2n) is 6.63. The lowest BCUT2D eigenvalue weighted by Crippen LogP contribution is -2.43. The van der Waals surface area contributed by atoms with Crippen molar-refractivity contribution in [3.05, 3.63) is 24.3 Å². The molecular weight excluding hydrogens is 344 g/mol. The van der Waals surface area contributed by atoms with Gasteiger partial charge in [0.1, 0.15) is 5.75 Å². The maximum absolute atomic E-state index is 12.6. The van der Waals surface area contributed by atoms with Crippen molar-refractivity contribution in [2.45, 2.75) is 32.0 Å². The third-order valence-electron chi connectivity index (χ3n) is 4.63. The predicted molar refractivity (Wildman–Crippen MR) is 93.7 cm³/mol. The summed E-state index contributed by atoms with van der Waals surface area (Å²) in [7, 11) is 0. The number of carbonyl (C=O) groups excluding carboxylic acids is 1. The average Bonchev–Trinajstić information content (AvgIpc) is 3.00. The van der Waals surface area contributed by atoms with E-state index in [1.165, 1.54) is 25.0 Å². The molecule has 0 spiro atoms. The quantitative estimate of drug-likeness (QED) is 0.867. The molecule has 0 aromatic heterocycles. The van der Waals surface area contributed by atoms with Crippen molar-refractivity contribution < 1.29 is 23.0 Å². The molecule has 2 aliphatic rings. The Bertz CT molecular complexity index is 580. The minimum atomic E-state index is -2.86. The SMILES string of the molecule is O=C(Nc1ccc(OC(F)F)cc1)N1CCCO[C@@H](CN2CCCC2)C1. The van der Waals surface area contributed by atoms with Gasteiger partial charge >= 0.3 is 12.6 Å². The molecule has 2 heterocycles. The highest BCUT2D eigenvalue weighted by Gasteiger charge is 2.25. The summed E-state index contributed by atoms with van der Waals surface area (Å²) in [5, 5.41) is 2.81. The third-order valence-corrected chi connectivity index (χ3v) is 4.63. The summed E-state index contributed by atoms with van der Waals surface area (Å²) in [5.41, 5.74) is 0.540. The largest absolute Gasteiger partial charge is 0.435 e. The minimum absolute atomic E-state index is 0.0168. The van der Waals surface area contributed by atoms with Gasteiger partial charge in [-0.25, -0.2) is 4.79 Å². The number of alkyl halides is 2. The van der Waals surface area contributed by atoms with Crippen LogP contribution in [0.1, 0.15) is 19.3 Å². The van der Waals surface area contributed by atoms with Crippen molar-refractivity contribution in [2.75, 3.05) is 44.6 Å². The summed E-state index contributed by atoms with van der Waals surface area (Å²) >= 11 is 0. The van der Waals surface area contributed by atoms with Crippen LogP contribution in [-0.4, -0.2) is 67.9 Å². The van der Waals surface area contributed by atoms with Gasteiger partial charge in [-0.1, -0.05) is 0 Å². The molecule has 2 amide bonds. The van der Waals surface area contributed by atoms with Crippen LogP contribution in [0.2, 0.25) is 0 Å². The van der Waals surface area contributed by atoms with E-state index in [-0.39, 0.29) is 17.9 Å². The second-order valence-corrected chi connectivity index (χ2v) is 6.63. The molecule has 3 rings (SSSR count). The zero-order valence-electron chi connectivity index (χ0n) is 14.7. The number of hydrogen-bond donors (Lipinski definition) is 1. The van der Waals surface area contributed by atoms with Gasteiger partial charge in [-0.05, 0) is 56.6 Å². The van der Waals surface area contributed by atoms with E-state index in [9.17, 15) is 13.6 Å². The van der Waals surface area contributed by atoms with Crippen molar-refractivity contribution in [2.24, 2.45) is 0 Å². The standard InChI is InChI=1S/C18H25F2N3O3/c19-17(20)26-15-6-4-14(5-7-15)21-18(24)23-10-3-11-25-16(13-23)12-22-8-1-2-9-22/h4-7,16-17H,1-3,8-13H2,(H,21,24)/t16-/m0/s1. The molecule has 1 aromatic carbocycles. The van der Waals surface area contributed by atoms with E-state index >= 15 is 0 Å². The average molecular weight is 369 g/mol. The van der Waals surface area contributed by atoms with E-state index in [0.29, 0.717) is 25.4 Å². The monoisotopic (exact) mass is 369 g/mol. The first-order valence-corrected chi connectivity index (χ1v) is 9.05. The van der Waals surface area contributed by atoms with Gasteiger partial charge in [0.15, 0.2) is 0 Å². The normalized spacial score (nSPS) is 21.7. The molecule has 1 N–H and O–H groups in total. The van der Waals surface area contributed by atoms with Crippen LogP contribution in [0.15, 0.2) is 24.3 Å². The van der Waals surface area contributed by atoms with E-state index in [1.54, 1.807) is 17.0 Å². The zero-order valence-corrected chi connectivity index (χ0v) is 14.7. The Labute approximate surface area is 152 Å². The van der Waals surface area contributed by atoms with Gasteiger partial charge in [0.25, 0.3) is 0 Å². The highest BCUT2D eigenvalue weighted by molar-refractivity contribution is 5.89. The fourth-order valence-electron chi connectivity index (χ4n) is 3.37. The van der Waals surface area contributed by atoms with Gasteiger partial charge in [-0.2, -0.15) is 8.78 Å². The van der Waals surface area contributed by atoms with Gasteiger partial charge in [0.05, 0.1) is 6.10 Å². The summed E-state index contributed by atoms with van der Waals surface area (Å²) in [6.07, 6.45) is 3.26. The Balaban J connectivity index is 1.53. The van der Waals surface area contributed by atoms with Crippen LogP contribution in [0.25, 0.3) is 0 Å². The lowest BCUT2D eigenvalue weighted by molar-refractivity contribution is -0.0498. The Morgan fingerprint density at radius 3 is 2.62 bits per heavy atom. The highest BCUT2D eigenvalue weighted by atomic mass is 19.3. The first-order valence-electron chi connectivity index (χ1n) is 9.05. The molecule has 26 heavy (non-hydrogen) atoms. The third kappa shape index (κ3) is 5.54. The molecule has 2 saturated heterocycles. The summed E-state index contributed by atoms with van der Waals surface area (Å²) in [5.74, 6) is 0.0619. The van der Waals surface area contributed by atoms with E-state index in [4.69, 9.17) is 4.74 Å². The molecule has 1 aromatic rings. The highest BCUT2D eigenvalue weighted by Crippen LogP contribution is 2.19. The first-order chi connectivity index (χ1) is 12.6. The van der Waals surface area contributed by atoms with Crippen LogP contribution < -0.4 is 10.1 Å². The molecule has 0 unspecified atom stereocenters. The van der Waals surface area contributed by atoms with Crippen LogP contribution in [0.3, 0.4) is 0 Å². The number of amides is 2. The lowest BCUT2D eigenvalue weighted by atomic mass is 10.3. The molecule has 1 atom stereocenters. The number of nitrogens with one attached hydrogen (secondary N) is 1. The summed E-state index contributed by atoms with van der Waals surface area (Å²) in [6.45, 7) is 2.02. The molecule has 6 nitrogen and oxygen atoms in total. The lowest BCUT2D eigenvalue weighted by Gasteiger charge is -2.27. The molecule has 0 bridgehead atoms. The van der Waals surface area contributed by atoms with Crippen molar-refractivity contribution in [3.8, 4) is 5.75 Å². The maximum Gasteiger partial charge on any atom is 0.387 e. The van der Waals surface area contributed by atoms with Gasteiger partial charge in [-0.3, -0.25) is 0 Å². The molecule has 2 fully saturated rings. The number of halogens is 2. The predicted octanol–water partition coefficient (Wildman–Crippen LogP) is 3.01. The maximum atomic E-state index is 12.6. The molecule has 144 valence electrons. The molecule has 0 saturated carbocycles. The van der Waals surface area contributed by atoms with Crippen molar-refractivity contribution in [1.29, 1.82) is 0 Å². The van der Waals surface area contributed by atoms with E-state index < -0.39 is 6.61 Å². The number of hydrogen-bond acceptors (Lipinski definition) is 4. The van der Waals surface area contributed by atoms with Crippen molar-refractivity contribution in [3.63, 3.8) is 0 Å². The number of anilines is 1. The van der Waals surface area contributed by atoms with E-state index in [2.05, 4.69) is 15.0 Å². The fourth-order valence-corrected chi connectivity index (χ4v) is 3.37. The van der Waals surface area contributed by atoms with Gasteiger partial charge in [-0.15, -0.1) is 0 Å². The van der Waals surface area contributed by atoms with Crippen LogP contribution in [0.4, 0.5) is 19.3 Å². The zero-order chi connectivity index (χ0) is 18.4. The van der Waals surface area contributed by atoms with E-state index in [1.807, 2.05) is 0 Å².